The molecule has 1 heterocycles. The monoisotopic (exact) mass is 246 g/mol. The van der Waals surface area contributed by atoms with Gasteiger partial charge in [-0.1, -0.05) is 22.0 Å². The second-order valence-corrected chi connectivity index (χ2v) is 4.28. The van der Waals surface area contributed by atoms with Crippen LogP contribution in [0.4, 0.5) is 0 Å². The molecule has 3 rings (SSSR count). The number of aromatic nitrogens is 2. The van der Waals surface area contributed by atoms with Gasteiger partial charge in [0, 0.05) is 22.7 Å². The summed E-state index contributed by atoms with van der Waals surface area (Å²) in [6.45, 7) is 0. The summed E-state index contributed by atoms with van der Waals surface area (Å²) in [5, 5.41) is 0. The SMILES string of the molecule is Brc1ccc2c(c1)-c1cncnc1C2. The second-order valence-electron chi connectivity index (χ2n) is 3.36. The maximum atomic E-state index is 4.28. The van der Waals surface area contributed by atoms with Crippen molar-refractivity contribution < 1.29 is 0 Å². The third-order valence-electron chi connectivity index (χ3n) is 2.51. The molecule has 68 valence electrons. The average molecular weight is 247 g/mol. The molecule has 0 radical (unpaired) electrons. The molecule has 1 aromatic carbocycles. The second kappa shape index (κ2) is 2.89. The molecule has 2 aromatic rings. The molecule has 14 heavy (non-hydrogen) atoms. The predicted molar refractivity (Wildman–Crippen MR) is 58.0 cm³/mol. The minimum absolute atomic E-state index is 0.931. The van der Waals surface area contributed by atoms with E-state index in [-0.39, 0.29) is 0 Å². The summed E-state index contributed by atoms with van der Waals surface area (Å²) in [4.78, 5) is 8.34. The lowest BCUT2D eigenvalue weighted by molar-refractivity contribution is 1.07. The van der Waals surface area contributed by atoms with Gasteiger partial charge in [-0.3, -0.25) is 0 Å². The molecule has 1 aliphatic carbocycles. The fourth-order valence-electron chi connectivity index (χ4n) is 1.85. The van der Waals surface area contributed by atoms with E-state index in [1.165, 1.54) is 16.7 Å². The zero-order chi connectivity index (χ0) is 9.54. The number of benzene rings is 1. The van der Waals surface area contributed by atoms with Gasteiger partial charge in [0.05, 0.1) is 5.69 Å². The van der Waals surface area contributed by atoms with Crippen molar-refractivity contribution in [1.82, 2.24) is 9.97 Å². The fourth-order valence-corrected chi connectivity index (χ4v) is 2.22. The Morgan fingerprint density at radius 2 is 2.14 bits per heavy atom. The zero-order valence-corrected chi connectivity index (χ0v) is 8.95. The number of nitrogens with zero attached hydrogens (tertiary/aromatic N) is 2. The van der Waals surface area contributed by atoms with Crippen LogP contribution < -0.4 is 0 Å². The van der Waals surface area contributed by atoms with Crippen molar-refractivity contribution in [2.24, 2.45) is 0 Å². The highest BCUT2D eigenvalue weighted by Gasteiger charge is 2.19. The van der Waals surface area contributed by atoms with Crippen molar-refractivity contribution in [2.45, 2.75) is 6.42 Å². The fraction of sp³-hybridized carbons (Fsp3) is 0.0909. The lowest BCUT2D eigenvalue weighted by atomic mass is 10.1. The highest BCUT2D eigenvalue weighted by atomic mass is 79.9. The third kappa shape index (κ3) is 1.09. The molecule has 0 saturated carbocycles. The number of hydrogen-bond acceptors (Lipinski definition) is 2. The molecule has 1 aromatic heterocycles. The minimum Gasteiger partial charge on any atom is -0.244 e. The summed E-state index contributed by atoms with van der Waals surface area (Å²) in [7, 11) is 0. The van der Waals surface area contributed by atoms with Gasteiger partial charge in [-0.2, -0.15) is 0 Å². The third-order valence-corrected chi connectivity index (χ3v) is 3.01. The van der Waals surface area contributed by atoms with Crippen molar-refractivity contribution in [3.63, 3.8) is 0 Å². The molecule has 3 heteroatoms. The van der Waals surface area contributed by atoms with Gasteiger partial charge in [0.1, 0.15) is 6.33 Å². The van der Waals surface area contributed by atoms with E-state index in [0.717, 1.165) is 16.6 Å². The molecule has 0 N–H and O–H groups in total. The van der Waals surface area contributed by atoms with Crippen LogP contribution in [0.1, 0.15) is 11.3 Å². The summed E-state index contributed by atoms with van der Waals surface area (Å²) in [6.07, 6.45) is 4.43. The molecule has 0 spiro atoms. The number of halogens is 1. The summed E-state index contributed by atoms with van der Waals surface area (Å²) in [5.74, 6) is 0. The zero-order valence-electron chi connectivity index (χ0n) is 7.37. The Balaban J connectivity index is 2.30. The number of rotatable bonds is 0. The highest BCUT2D eigenvalue weighted by Crippen LogP contribution is 2.35. The van der Waals surface area contributed by atoms with E-state index in [4.69, 9.17) is 0 Å². The Morgan fingerprint density at radius 1 is 1.21 bits per heavy atom. The molecule has 0 atom stereocenters. The Morgan fingerprint density at radius 3 is 3.07 bits per heavy atom. The van der Waals surface area contributed by atoms with Gasteiger partial charge >= 0.3 is 0 Å². The van der Waals surface area contributed by atoms with Crippen molar-refractivity contribution in [2.75, 3.05) is 0 Å². The molecule has 1 aliphatic rings. The first-order valence-electron chi connectivity index (χ1n) is 4.42. The summed E-state index contributed by atoms with van der Waals surface area (Å²) in [5.41, 5.74) is 4.90. The lowest BCUT2D eigenvalue weighted by Crippen LogP contribution is -1.86. The summed E-state index contributed by atoms with van der Waals surface area (Å²) < 4.78 is 1.10. The van der Waals surface area contributed by atoms with Gasteiger partial charge in [0.2, 0.25) is 0 Å². The molecule has 0 saturated heterocycles. The van der Waals surface area contributed by atoms with Crippen LogP contribution in [0.25, 0.3) is 11.1 Å². The first-order chi connectivity index (χ1) is 6.84. The van der Waals surface area contributed by atoms with Crippen LogP contribution in [0.15, 0.2) is 35.2 Å². The molecule has 0 amide bonds. The van der Waals surface area contributed by atoms with E-state index < -0.39 is 0 Å². The van der Waals surface area contributed by atoms with Gasteiger partial charge < -0.3 is 0 Å². The van der Waals surface area contributed by atoms with Crippen LogP contribution in [0.2, 0.25) is 0 Å². The van der Waals surface area contributed by atoms with Crippen LogP contribution >= 0.6 is 15.9 Å². The maximum absolute atomic E-state index is 4.28. The molecule has 0 unspecified atom stereocenters. The number of hydrogen-bond donors (Lipinski definition) is 0. The smallest absolute Gasteiger partial charge is 0.115 e. The van der Waals surface area contributed by atoms with Gasteiger partial charge in [0.25, 0.3) is 0 Å². The first kappa shape index (κ1) is 8.12. The highest BCUT2D eigenvalue weighted by molar-refractivity contribution is 9.10. The van der Waals surface area contributed by atoms with E-state index in [1.54, 1.807) is 6.33 Å². The molecular formula is C11H7BrN2. The van der Waals surface area contributed by atoms with Crippen LogP contribution in [0.5, 0.6) is 0 Å². The molecule has 0 aliphatic heterocycles. The van der Waals surface area contributed by atoms with E-state index in [2.05, 4.69) is 44.1 Å². The topological polar surface area (TPSA) is 25.8 Å². The Bertz CT molecular complexity index is 508. The molecular weight excluding hydrogens is 240 g/mol. The summed E-state index contributed by atoms with van der Waals surface area (Å²) >= 11 is 3.48. The summed E-state index contributed by atoms with van der Waals surface area (Å²) in [6, 6.07) is 6.34. The van der Waals surface area contributed by atoms with Crippen LogP contribution in [0.3, 0.4) is 0 Å². The van der Waals surface area contributed by atoms with Gasteiger partial charge in [-0.25, -0.2) is 9.97 Å². The molecule has 2 nitrogen and oxygen atoms in total. The van der Waals surface area contributed by atoms with Crippen molar-refractivity contribution in [3.05, 3.63) is 46.5 Å². The normalized spacial score (nSPS) is 12.4. The Hall–Kier alpha value is -1.22. The van der Waals surface area contributed by atoms with Crippen LogP contribution in [-0.2, 0) is 6.42 Å². The van der Waals surface area contributed by atoms with E-state index >= 15 is 0 Å². The minimum atomic E-state index is 0.931. The van der Waals surface area contributed by atoms with Gasteiger partial charge in [-0.15, -0.1) is 0 Å². The molecule has 0 bridgehead atoms. The largest absolute Gasteiger partial charge is 0.244 e. The lowest BCUT2D eigenvalue weighted by Gasteiger charge is -1.99. The quantitative estimate of drug-likeness (QED) is 0.610. The van der Waals surface area contributed by atoms with E-state index in [0.29, 0.717) is 0 Å². The first-order valence-corrected chi connectivity index (χ1v) is 5.21. The Kier molecular flexibility index (Phi) is 1.67. The van der Waals surface area contributed by atoms with E-state index in [1.807, 2.05) is 6.20 Å². The van der Waals surface area contributed by atoms with Crippen molar-refractivity contribution in [3.8, 4) is 11.1 Å². The average Bonchev–Trinajstić information content (AvgIpc) is 2.56. The van der Waals surface area contributed by atoms with Crippen LogP contribution in [-0.4, -0.2) is 9.97 Å². The standard InChI is InChI=1S/C11H7BrN2/c12-8-2-1-7-3-11-10(9(7)4-8)5-13-6-14-11/h1-2,4-6H,3H2. The maximum Gasteiger partial charge on any atom is 0.115 e. The van der Waals surface area contributed by atoms with E-state index in [9.17, 15) is 0 Å². The Labute approximate surface area is 90.2 Å². The molecule has 0 fully saturated rings. The van der Waals surface area contributed by atoms with Crippen molar-refractivity contribution >= 4 is 15.9 Å². The van der Waals surface area contributed by atoms with Crippen LogP contribution in [0, 0.1) is 0 Å². The van der Waals surface area contributed by atoms with Gasteiger partial charge in [0.15, 0.2) is 0 Å². The van der Waals surface area contributed by atoms with Crippen molar-refractivity contribution in [1.29, 1.82) is 0 Å². The number of fused-ring (bicyclic) bond motifs is 3. The van der Waals surface area contributed by atoms with Gasteiger partial charge in [-0.05, 0) is 23.3 Å². The predicted octanol–water partition coefficient (Wildman–Crippen LogP) is 2.81.